The number of imidazole rings is 1. The molecule has 0 saturated heterocycles. The van der Waals surface area contributed by atoms with Crippen molar-refractivity contribution < 1.29 is 4.74 Å². The van der Waals surface area contributed by atoms with Crippen molar-refractivity contribution in [3.63, 3.8) is 0 Å². The highest BCUT2D eigenvalue weighted by Crippen LogP contribution is 2.27. The molecule has 3 aromatic rings. The van der Waals surface area contributed by atoms with Crippen molar-refractivity contribution in [2.45, 2.75) is 6.92 Å². The Hall–Kier alpha value is -1.55. The van der Waals surface area contributed by atoms with Gasteiger partial charge in [0.1, 0.15) is 16.0 Å². The van der Waals surface area contributed by atoms with Crippen molar-refractivity contribution in [1.29, 1.82) is 0 Å². The van der Waals surface area contributed by atoms with Gasteiger partial charge in [0.05, 0.1) is 12.8 Å². The summed E-state index contributed by atoms with van der Waals surface area (Å²) in [7, 11) is 1.68. The highest BCUT2D eigenvalue weighted by molar-refractivity contribution is 9.10. The molecule has 0 fully saturated rings. The number of aromatic nitrogens is 2. The summed E-state index contributed by atoms with van der Waals surface area (Å²) in [6, 6.07) is 8.09. The maximum absolute atomic E-state index is 5.23. The fraction of sp³-hybridized carbons (Fsp3) is 0.154. The van der Waals surface area contributed by atoms with Crippen LogP contribution in [-0.4, -0.2) is 16.5 Å². The molecule has 2 heterocycles. The van der Waals surface area contributed by atoms with E-state index < -0.39 is 0 Å². The summed E-state index contributed by atoms with van der Waals surface area (Å²) in [6.45, 7) is 1.99. The number of hydrogen-bond donors (Lipinski definition) is 0. The number of nitrogens with zero attached hydrogens (tertiary/aromatic N) is 2. The molecule has 0 N–H and O–H groups in total. The van der Waals surface area contributed by atoms with Gasteiger partial charge in [0, 0.05) is 11.6 Å². The summed E-state index contributed by atoms with van der Waals surface area (Å²) in [6.07, 6.45) is 2.02. The predicted molar refractivity (Wildman–Crippen MR) is 71.7 cm³/mol. The van der Waals surface area contributed by atoms with Crippen LogP contribution in [-0.2, 0) is 0 Å². The van der Waals surface area contributed by atoms with Gasteiger partial charge < -0.3 is 4.74 Å². The molecule has 0 aliphatic heterocycles. The van der Waals surface area contributed by atoms with E-state index in [1.807, 2.05) is 35.7 Å². The van der Waals surface area contributed by atoms with Crippen LogP contribution in [0.15, 0.2) is 35.1 Å². The molecule has 4 heteroatoms. The Labute approximate surface area is 107 Å². The number of pyridine rings is 1. The lowest BCUT2D eigenvalue weighted by molar-refractivity contribution is 0.415. The van der Waals surface area contributed by atoms with Crippen LogP contribution in [0.25, 0.3) is 16.4 Å². The molecular weight excluding hydrogens is 280 g/mol. The van der Waals surface area contributed by atoms with Crippen LogP contribution >= 0.6 is 15.9 Å². The molecule has 0 amide bonds. The van der Waals surface area contributed by atoms with Gasteiger partial charge in [-0.25, -0.2) is 4.98 Å². The lowest BCUT2D eigenvalue weighted by Gasteiger charge is -2.04. The van der Waals surface area contributed by atoms with Gasteiger partial charge in [0.2, 0.25) is 0 Å². The number of aryl methyl sites for hydroxylation is 1. The Balaban J connectivity index is 2.44. The lowest BCUT2D eigenvalue weighted by atomic mass is 10.1. The molecule has 0 unspecified atom stereocenters. The maximum Gasteiger partial charge on any atom is 0.145 e. The second-order valence-corrected chi connectivity index (χ2v) is 4.70. The minimum absolute atomic E-state index is 0.865. The van der Waals surface area contributed by atoms with E-state index in [-0.39, 0.29) is 0 Å². The van der Waals surface area contributed by atoms with E-state index in [4.69, 9.17) is 4.74 Å². The number of rotatable bonds is 1. The Bertz CT molecular complexity index is 718. The number of benzene rings is 1. The first-order chi connectivity index (χ1) is 8.20. The van der Waals surface area contributed by atoms with Gasteiger partial charge in [-0.2, -0.15) is 0 Å². The fourth-order valence-electron chi connectivity index (χ4n) is 2.02. The fourth-order valence-corrected chi connectivity index (χ4v) is 2.39. The summed E-state index contributed by atoms with van der Waals surface area (Å²) < 4.78 is 8.28. The summed E-state index contributed by atoms with van der Waals surface area (Å²) in [5, 5.41) is 2.26. The first-order valence-corrected chi connectivity index (χ1v) is 6.11. The molecule has 0 spiro atoms. The molecule has 0 aliphatic rings. The first kappa shape index (κ1) is 10.6. The summed E-state index contributed by atoms with van der Waals surface area (Å²) >= 11 is 3.54. The van der Waals surface area contributed by atoms with E-state index >= 15 is 0 Å². The van der Waals surface area contributed by atoms with Gasteiger partial charge in [-0.05, 0) is 52.5 Å². The van der Waals surface area contributed by atoms with Crippen LogP contribution in [0.4, 0.5) is 0 Å². The highest BCUT2D eigenvalue weighted by atomic mass is 79.9. The van der Waals surface area contributed by atoms with Gasteiger partial charge in [-0.15, -0.1) is 0 Å². The zero-order valence-corrected chi connectivity index (χ0v) is 11.2. The van der Waals surface area contributed by atoms with E-state index in [0.717, 1.165) is 32.5 Å². The van der Waals surface area contributed by atoms with Gasteiger partial charge >= 0.3 is 0 Å². The Morgan fingerprint density at radius 3 is 2.88 bits per heavy atom. The summed E-state index contributed by atoms with van der Waals surface area (Å²) in [4.78, 5) is 4.57. The third kappa shape index (κ3) is 1.52. The zero-order valence-electron chi connectivity index (χ0n) is 9.57. The van der Waals surface area contributed by atoms with Gasteiger partial charge in [0.15, 0.2) is 0 Å². The lowest BCUT2D eigenvalue weighted by Crippen LogP contribution is -1.87. The van der Waals surface area contributed by atoms with Crippen molar-refractivity contribution in [3.05, 3.63) is 40.8 Å². The minimum Gasteiger partial charge on any atom is -0.497 e. The molecule has 3 nitrogen and oxygen atoms in total. The summed E-state index contributed by atoms with van der Waals surface area (Å²) in [5.74, 6) is 0.865. The molecule has 0 saturated carbocycles. The third-order valence-electron chi connectivity index (χ3n) is 2.91. The molecule has 3 rings (SSSR count). The number of methoxy groups -OCH3 is 1. The second kappa shape index (κ2) is 3.74. The Morgan fingerprint density at radius 1 is 1.29 bits per heavy atom. The number of halogens is 1. The molecule has 86 valence electrons. The maximum atomic E-state index is 5.23. The van der Waals surface area contributed by atoms with Crippen LogP contribution in [0.5, 0.6) is 5.75 Å². The SMILES string of the molecule is COc1ccc2c(ccn3c(Br)c(C)nc23)c1. The summed E-state index contributed by atoms with van der Waals surface area (Å²) in [5.41, 5.74) is 1.96. The molecule has 17 heavy (non-hydrogen) atoms. The molecule has 0 bridgehead atoms. The van der Waals surface area contributed by atoms with Gasteiger partial charge in [0.25, 0.3) is 0 Å². The van der Waals surface area contributed by atoms with Crippen molar-refractivity contribution in [1.82, 2.24) is 9.38 Å². The molecule has 1 aromatic carbocycles. The number of fused-ring (bicyclic) bond motifs is 3. The van der Waals surface area contributed by atoms with Gasteiger partial charge in [-0.3, -0.25) is 4.40 Å². The van der Waals surface area contributed by atoms with Crippen molar-refractivity contribution in [2.75, 3.05) is 7.11 Å². The smallest absolute Gasteiger partial charge is 0.145 e. The molecule has 0 atom stereocenters. The van der Waals surface area contributed by atoms with E-state index in [1.54, 1.807) is 7.11 Å². The van der Waals surface area contributed by atoms with E-state index in [0.29, 0.717) is 0 Å². The second-order valence-electron chi connectivity index (χ2n) is 3.95. The standard InChI is InChI=1S/C13H11BrN2O/c1-8-12(14)16-6-5-9-7-10(17-2)3-4-11(9)13(16)15-8/h3-7H,1-2H3. The Kier molecular flexibility index (Phi) is 2.33. The van der Waals surface area contributed by atoms with Crippen molar-refractivity contribution >= 4 is 32.3 Å². The third-order valence-corrected chi connectivity index (χ3v) is 3.87. The van der Waals surface area contributed by atoms with Crippen LogP contribution in [0.3, 0.4) is 0 Å². The number of ether oxygens (including phenoxy) is 1. The van der Waals surface area contributed by atoms with Crippen LogP contribution in [0.2, 0.25) is 0 Å². The van der Waals surface area contributed by atoms with E-state index in [2.05, 4.69) is 27.0 Å². The predicted octanol–water partition coefficient (Wildman–Crippen LogP) is 3.57. The zero-order chi connectivity index (χ0) is 12.0. The van der Waals surface area contributed by atoms with Crippen LogP contribution in [0.1, 0.15) is 5.69 Å². The monoisotopic (exact) mass is 290 g/mol. The van der Waals surface area contributed by atoms with Crippen LogP contribution < -0.4 is 4.74 Å². The first-order valence-electron chi connectivity index (χ1n) is 5.31. The average Bonchev–Trinajstić information content (AvgIpc) is 2.65. The van der Waals surface area contributed by atoms with E-state index in [9.17, 15) is 0 Å². The highest BCUT2D eigenvalue weighted by Gasteiger charge is 2.09. The average molecular weight is 291 g/mol. The topological polar surface area (TPSA) is 26.5 Å². The quantitative estimate of drug-likeness (QED) is 0.685. The van der Waals surface area contributed by atoms with Crippen LogP contribution in [0, 0.1) is 6.92 Å². The molecular formula is C13H11BrN2O. The molecule has 0 radical (unpaired) electrons. The number of hydrogen-bond acceptors (Lipinski definition) is 2. The molecule has 0 aliphatic carbocycles. The molecule has 2 aromatic heterocycles. The normalized spacial score (nSPS) is 11.2. The largest absolute Gasteiger partial charge is 0.497 e. The Morgan fingerprint density at radius 2 is 2.12 bits per heavy atom. The van der Waals surface area contributed by atoms with E-state index in [1.165, 1.54) is 0 Å². The van der Waals surface area contributed by atoms with Crippen molar-refractivity contribution in [3.8, 4) is 5.75 Å². The van der Waals surface area contributed by atoms with Gasteiger partial charge in [-0.1, -0.05) is 0 Å². The van der Waals surface area contributed by atoms with Crippen molar-refractivity contribution in [2.24, 2.45) is 0 Å². The minimum atomic E-state index is 0.865.